The molecule has 11 rings (SSSR count). The molecule has 5 N–H and O–H groups in total. The molecule has 4 bridgehead atoms. The average Bonchev–Trinajstić information content (AvgIpc) is 4.10. The van der Waals surface area contributed by atoms with Gasteiger partial charge in [-0.15, -0.1) is 5.92 Å². The molecule has 9 aliphatic rings. The summed E-state index contributed by atoms with van der Waals surface area (Å²) in [5.74, 6) is 9.01. The molecule has 0 radical (unpaired) electrons. The van der Waals surface area contributed by atoms with Gasteiger partial charge in [0.25, 0.3) is 0 Å². The molecule has 9 nitrogen and oxygen atoms in total. The van der Waals surface area contributed by atoms with Crippen LogP contribution in [0.3, 0.4) is 0 Å². The van der Waals surface area contributed by atoms with Gasteiger partial charge >= 0.3 is 11.9 Å². The number of rotatable bonds is 7. The van der Waals surface area contributed by atoms with Crippen LogP contribution in [0.25, 0.3) is 0 Å². The Balaban J connectivity index is 1.10. The fourth-order valence-electron chi connectivity index (χ4n) is 17.9. The van der Waals surface area contributed by atoms with E-state index in [1.807, 2.05) is 28.5 Å². The number of hydrogen-bond donors (Lipinski definition) is 5. The minimum atomic E-state index is -1.79. The van der Waals surface area contributed by atoms with Gasteiger partial charge in [-0.1, -0.05) is 115 Å². The summed E-state index contributed by atoms with van der Waals surface area (Å²) in [4.78, 5) is 29.1. The highest BCUT2D eigenvalue weighted by Gasteiger charge is 2.83. The van der Waals surface area contributed by atoms with E-state index in [0.29, 0.717) is 50.9 Å². The monoisotopic (exact) mass is 1000 g/mol. The third-order valence-electron chi connectivity index (χ3n) is 21.1. The molecule has 384 valence electrons. The van der Waals surface area contributed by atoms with Crippen molar-refractivity contribution in [1.82, 2.24) is 10.9 Å². The van der Waals surface area contributed by atoms with Gasteiger partial charge in [0.15, 0.2) is 5.72 Å². The summed E-state index contributed by atoms with van der Waals surface area (Å²) in [6, 6.07) is 21.6. The Morgan fingerprint density at radius 1 is 0.817 bits per heavy atom. The maximum atomic E-state index is 16.5. The summed E-state index contributed by atoms with van der Waals surface area (Å²) in [5, 5.41) is 42.2. The number of carbonyl (C=O) groups excluding carboxylic acids is 2. The van der Waals surface area contributed by atoms with E-state index in [2.05, 4.69) is 97.2 Å². The number of carbonyl (C=O) groups is 2. The van der Waals surface area contributed by atoms with Gasteiger partial charge in [0, 0.05) is 42.4 Å². The van der Waals surface area contributed by atoms with Crippen LogP contribution in [0.15, 0.2) is 72.3 Å². The van der Waals surface area contributed by atoms with E-state index >= 15 is 4.79 Å². The van der Waals surface area contributed by atoms with E-state index in [1.165, 1.54) is 36.8 Å². The Morgan fingerprint density at radius 3 is 2.24 bits per heavy atom. The molecule has 3 spiro atoms. The van der Waals surface area contributed by atoms with E-state index in [0.717, 1.165) is 62.0 Å². The molecule has 15 atom stereocenters. The second-order valence-corrected chi connectivity index (χ2v) is 27.9. The molecule has 0 unspecified atom stereocenters. The molecule has 4 heterocycles. The molecule has 11 heteroatoms. The summed E-state index contributed by atoms with van der Waals surface area (Å²) in [7, 11) is 3.86. The van der Waals surface area contributed by atoms with Crippen LogP contribution >= 0.6 is 21.6 Å². The number of esters is 2. The number of cyclic esters (lactones) is 1. The maximum Gasteiger partial charge on any atom is 0.331 e. The lowest BCUT2D eigenvalue weighted by atomic mass is 9.34. The van der Waals surface area contributed by atoms with E-state index in [1.54, 1.807) is 6.08 Å². The number of aliphatic hydroxyl groups excluding tert-OH is 2. The van der Waals surface area contributed by atoms with E-state index in [9.17, 15) is 20.1 Å². The second-order valence-electron chi connectivity index (χ2n) is 25.3. The Hall–Kier alpha value is -2.82. The van der Waals surface area contributed by atoms with Crippen molar-refractivity contribution in [2.45, 2.75) is 179 Å². The van der Waals surface area contributed by atoms with Gasteiger partial charge in [0.1, 0.15) is 6.61 Å². The highest BCUT2D eigenvalue weighted by Crippen LogP contribution is 2.76. The van der Waals surface area contributed by atoms with E-state index in [-0.39, 0.29) is 66.5 Å². The van der Waals surface area contributed by atoms with Crippen LogP contribution in [0, 0.1) is 74.4 Å². The molecule has 2 aromatic carbocycles. The van der Waals surface area contributed by atoms with Gasteiger partial charge in [-0.2, -0.15) is 0 Å². The standard InChI is InChI=1S/C60H80N2O7S2/c1-40-17-20-49(63)60-50(64)22-27-55(3)47-34-56(24-10-11-25-56)35-48(47)61-62-58(52(55)60)39-54(2,59(60,67)28-21-44-32-51(65)68-36-44)23-12-26-57(53(66)69-58)33-43(30-41-13-6-4-7-14-41)18-19-46(57)38-71-70-37-45(29-40)31-42-15-8-5-9-16-42/h4-9,13-16,32,40,43,45-50,52,61-64,67H,10-11,17-22,24-31,33-39H2,1-3H3/t40-,43-,45-,46-,47-,48+,49+,50-,52-,54+,55+,57-,58-,59-,60+/m1/s1. The minimum absolute atomic E-state index is 0.00269. The quantitative estimate of drug-likeness (QED) is 0.103. The second kappa shape index (κ2) is 19.4. The van der Waals surface area contributed by atoms with Crippen molar-refractivity contribution in [2.24, 2.45) is 62.6 Å². The molecule has 71 heavy (non-hydrogen) atoms. The number of hydrazine groups is 1. The van der Waals surface area contributed by atoms with E-state index in [4.69, 9.17) is 9.47 Å². The predicted octanol–water partition coefficient (Wildman–Crippen LogP) is 10.3. The summed E-state index contributed by atoms with van der Waals surface area (Å²) < 4.78 is 13.2. The lowest BCUT2D eigenvalue weighted by Crippen LogP contribution is -2.84. The highest BCUT2D eigenvalue weighted by molar-refractivity contribution is 8.76. The number of ether oxygens (including phenoxy) is 2. The maximum absolute atomic E-state index is 16.5. The van der Waals surface area contributed by atoms with Gasteiger partial charge in [0.2, 0.25) is 0 Å². The molecule has 2 saturated heterocycles. The normalized spacial score (nSPS) is 44.1. The van der Waals surface area contributed by atoms with Crippen LogP contribution in [0.5, 0.6) is 0 Å². The fourth-order valence-corrected chi connectivity index (χ4v) is 20.8. The van der Waals surface area contributed by atoms with Gasteiger partial charge < -0.3 is 24.8 Å². The molecule has 4 aliphatic heterocycles. The van der Waals surface area contributed by atoms with Crippen molar-refractivity contribution < 1.29 is 34.4 Å². The lowest BCUT2D eigenvalue weighted by Gasteiger charge is -2.73. The van der Waals surface area contributed by atoms with Crippen LogP contribution in [0.4, 0.5) is 0 Å². The van der Waals surface area contributed by atoms with Crippen molar-refractivity contribution >= 4 is 33.5 Å². The van der Waals surface area contributed by atoms with E-state index < -0.39 is 51.1 Å². The number of fused-ring (bicyclic) bond motifs is 4. The fraction of sp³-hybridized carbons (Fsp3) is 0.700. The summed E-state index contributed by atoms with van der Waals surface area (Å²) in [6.45, 7) is 6.88. The molecule has 7 fully saturated rings. The zero-order valence-corrected chi connectivity index (χ0v) is 44.2. The Morgan fingerprint density at radius 2 is 1.52 bits per heavy atom. The average molecular weight is 1010 g/mol. The molecule has 5 saturated carbocycles. The van der Waals surface area contributed by atoms with Crippen molar-refractivity contribution in [3.8, 4) is 11.8 Å². The van der Waals surface area contributed by atoms with Crippen molar-refractivity contribution in [3.05, 3.63) is 83.4 Å². The van der Waals surface area contributed by atoms with Gasteiger partial charge in [-0.25, -0.2) is 10.2 Å². The first kappa shape index (κ1) is 50.3. The van der Waals surface area contributed by atoms with Crippen LogP contribution in [-0.4, -0.2) is 74.9 Å². The first-order chi connectivity index (χ1) is 34.1. The zero-order valence-electron chi connectivity index (χ0n) is 42.6. The van der Waals surface area contributed by atoms with Crippen LogP contribution < -0.4 is 10.9 Å². The lowest BCUT2D eigenvalue weighted by molar-refractivity contribution is -0.364. The number of nitrogens with one attached hydrogen (secondary N) is 2. The number of aliphatic hydroxyl groups is 3. The summed E-state index contributed by atoms with van der Waals surface area (Å²) >= 11 is 0. The van der Waals surface area contributed by atoms with Crippen LogP contribution in [-0.2, 0) is 31.9 Å². The van der Waals surface area contributed by atoms with Crippen molar-refractivity contribution in [2.75, 3.05) is 18.1 Å². The Labute approximate surface area is 431 Å². The van der Waals surface area contributed by atoms with Gasteiger partial charge in [0.05, 0.1) is 34.1 Å². The summed E-state index contributed by atoms with van der Waals surface area (Å²) in [5.41, 5.74) is 3.84. The Kier molecular flexibility index (Phi) is 13.7. The van der Waals surface area contributed by atoms with Gasteiger partial charge in [-0.05, 0) is 167 Å². The molecule has 2 aromatic rings. The zero-order chi connectivity index (χ0) is 49.3. The van der Waals surface area contributed by atoms with Crippen LogP contribution in [0.1, 0.15) is 147 Å². The third-order valence-corrected chi connectivity index (χ3v) is 23.7. The highest BCUT2D eigenvalue weighted by atomic mass is 33.1. The van der Waals surface area contributed by atoms with Gasteiger partial charge in [-0.3, -0.25) is 10.2 Å². The summed E-state index contributed by atoms with van der Waals surface area (Å²) in [6.07, 6.45) is 14.6. The molecule has 0 amide bonds. The topological polar surface area (TPSA) is 137 Å². The first-order valence-corrected chi connectivity index (χ1v) is 30.2. The molecule has 5 aliphatic carbocycles. The molecular formula is C60H80N2O7S2. The predicted molar refractivity (Wildman–Crippen MR) is 281 cm³/mol. The van der Waals surface area contributed by atoms with Crippen molar-refractivity contribution in [1.29, 1.82) is 0 Å². The van der Waals surface area contributed by atoms with Crippen LogP contribution in [0.2, 0.25) is 0 Å². The SMILES string of the molecule is C[C@@H]1CC[C@H](O)[C@@]23[C@H](O)CC[C@@]4(C)[C@@H]5CC6(CCCC6)C[C@@H]5NN[C@@]5(C[C@](C)(C#CC[C@]6(C[C@@H](Cc7ccccc7)CC[C@@H]6CSSC[C@@H](Cc6ccccc6)C1)C(=O)O5)[C@]2(O)CCC1=CC(=O)OC1)[C@@H]43. The molecule has 0 aromatic heterocycles. The largest absolute Gasteiger partial charge is 0.458 e. The molecular weight excluding hydrogens is 925 g/mol. The number of hydrogen-bond acceptors (Lipinski definition) is 11. The number of benzene rings is 2. The Bertz CT molecular complexity index is 2390. The van der Waals surface area contributed by atoms with Crippen molar-refractivity contribution in [3.63, 3.8) is 0 Å². The minimum Gasteiger partial charge on any atom is -0.458 e. The smallest absolute Gasteiger partial charge is 0.331 e. The third kappa shape index (κ3) is 8.60. The first-order valence-electron chi connectivity index (χ1n) is 27.7.